The van der Waals surface area contributed by atoms with E-state index >= 15 is 0 Å². The Bertz CT molecular complexity index is 258. The summed E-state index contributed by atoms with van der Waals surface area (Å²) in [4.78, 5) is 21.4. The SMILES string of the molecule is CC(C)COCCCNC(=O)NC[C@H](O)C(=O)O. The number of aliphatic hydroxyl groups excluding tert-OH is 1. The number of hydrogen-bond donors (Lipinski definition) is 4. The molecule has 0 aliphatic carbocycles. The van der Waals surface area contributed by atoms with Gasteiger partial charge in [-0.15, -0.1) is 0 Å². The van der Waals surface area contributed by atoms with Crippen LogP contribution in [0.3, 0.4) is 0 Å². The van der Waals surface area contributed by atoms with E-state index in [2.05, 4.69) is 24.5 Å². The second kappa shape index (κ2) is 9.67. The highest BCUT2D eigenvalue weighted by Crippen LogP contribution is 1.92. The van der Waals surface area contributed by atoms with Gasteiger partial charge in [-0.1, -0.05) is 13.8 Å². The molecule has 4 N–H and O–H groups in total. The van der Waals surface area contributed by atoms with E-state index in [-0.39, 0.29) is 6.54 Å². The fourth-order valence-electron chi connectivity index (χ4n) is 1.03. The van der Waals surface area contributed by atoms with Crippen LogP contribution in [0.2, 0.25) is 0 Å². The average molecular weight is 262 g/mol. The maximum Gasteiger partial charge on any atom is 0.334 e. The highest BCUT2D eigenvalue weighted by Gasteiger charge is 2.13. The lowest BCUT2D eigenvalue weighted by Crippen LogP contribution is -2.42. The van der Waals surface area contributed by atoms with Crippen molar-refractivity contribution in [3.05, 3.63) is 0 Å². The van der Waals surface area contributed by atoms with Crippen molar-refractivity contribution in [1.29, 1.82) is 0 Å². The van der Waals surface area contributed by atoms with Crippen molar-refractivity contribution in [1.82, 2.24) is 10.6 Å². The molecule has 0 aliphatic heterocycles. The molecule has 7 heteroatoms. The number of hydrogen-bond acceptors (Lipinski definition) is 4. The van der Waals surface area contributed by atoms with Gasteiger partial charge in [0.1, 0.15) is 0 Å². The summed E-state index contributed by atoms with van der Waals surface area (Å²) in [6.07, 6.45) is -0.896. The number of aliphatic carboxylic acids is 1. The van der Waals surface area contributed by atoms with Crippen LogP contribution in [0.4, 0.5) is 4.79 Å². The topological polar surface area (TPSA) is 108 Å². The van der Waals surface area contributed by atoms with E-state index < -0.39 is 18.1 Å². The Labute approximate surface area is 107 Å². The molecule has 0 aliphatic rings. The third-order valence-corrected chi connectivity index (χ3v) is 1.94. The molecule has 0 heterocycles. The molecule has 0 saturated carbocycles. The number of ether oxygens (including phenoxy) is 1. The van der Waals surface area contributed by atoms with Crippen LogP contribution in [0.5, 0.6) is 0 Å². The number of carboxylic acids is 1. The molecular formula is C11H22N2O5. The molecule has 0 bridgehead atoms. The first kappa shape index (κ1) is 16.7. The molecular weight excluding hydrogens is 240 g/mol. The van der Waals surface area contributed by atoms with Gasteiger partial charge in [0, 0.05) is 19.8 Å². The van der Waals surface area contributed by atoms with E-state index in [9.17, 15) is 9.59 Å². The Morgan fingerprint density at radius 2 is 1.94 bits per heavy atom. The molecule has 0 spiro atoms. The van der Waals surface area contributed by atoms with Gasteiger partial charge >= 0.3 is 12.0 Å². The molecule has 0 saturated heterocycles. The molecule has 0 fully saturated rings. The highest BCUT2D eigenvalue weighted by molar-refractivity contribution is 5.76. The van der Waals surface area contributed by atoms with Crippen molar-refractivity contribution in [3.8, 4) is 0 Å². The molecule has 2 amide bonds. The molecule has 0 radical (unpaired) electrons. The van der Waals surface area contributed by atoms with Crippen LogP contribution in [0.1, 0.15) is 20.3 Å². The quantitative estimate of drug-likeness (QED) is 0.430. The zero-order valence-electron chi connectivity index (χ0n) is 10.8. The number of urea groups is 1. The monoisotopic (exact) mass is 262 g/mol. The fraction of sp³-hybridized carbons (Fsp3) is 0.818. The van der Waals surface area contributed by atoms with E-state index in [4.69, 9.17) is 14.9 Å². The number of aliphatic hydroxyl groups is 1. The van der Waals surface area contributed by atoms with Crippen molar-refractivity contribution < 1.29 is 24.5 Å². The van der Waals surface area contributed by atoms with Crippen molar-refractivity contribution in [3.63, 3.8) is 0 Å². The molecule has 7 nitrogen and oxygen atoms in total. The van der Waals surface area contributed by atoms with Crippen LogP contribution in [0.25, 0.3) is 0 Å². The minimum atomic E-state index is -1.58. The van der Waals surface area contributed by atoms with E-state index in [0.29, 0.717) is 32.1 Å². The predicted molar refractivity (Wildman–Crippen MR) is 65.3 cm³/mol. The van der Waals surface area contributed by atoms with E-state index in [1.54, 1.807) is 0 Å². The first-order valence-electron chi connectivity index (χ1n) is 5.93. The van der Waals surface area contributed by atoms with Gasteiger partial charge in [0.2, 0.25) is 0 Å². The fourth-order valence-corrected chi connectivity index (χ4v) is 1.03. The smallest absolute Gasteiger partial charge is 0.334 e. The summed E-state index contributed by atoms with van der Waals surface area (Å²) in [5.74, 6) is -0.879. The number of carbonyl (C=O) groups is 2. The highest BCUT2D eigenvalue weighted by atomic mass is 16.5. The van der Waals surface area contributed by atoms with Crippen molar-refractivity contribution in [2.24, 2.45) is 5.92 Å². The van der Waals surface area contributed by atoms with Gasteiger partial charge in [0.05, 0.1) is 6.54 Å². The molecule has 1 atom stereocenters. The van der Waals surface area contributed by atoms with Crippen molar-refractivity contribution in [2.75, 3.05) is 26.3 Å². The Balaban J connectivity index is 3.40. The number of carbonyl (C=O) groups excluding carboxylic acids is 1. The summed E-state index contributed by atoms with van der Waals surface area (Å²) in [6, 6.07) is -0.501. The van der Waals surface area contributed by atoms with Crippen LogP contribution in [-0.2, 0) is 9.53 Å². The summed E-state index contributed by atoms with van der Waals surface area (Å²) in [7, 11) is 0. The van der Waals surface area contributed by atoms with Gasteiger partial charge in [0.15, 0.2) is 6.10 Å². The van der Waals surface area contributed by atoms with Crippen LogP contribution in [0, 0.1) is 5.92 Å². The lowest BCUT2D eigenvalue weighted by molar-refractivity contribution is -0.146. The number of carboxylic acid groups (broad SMARTS) is 1. The van der Waals surface area contributed by atoms with E-state index in [0.717, 1.165) is 0 Å². The van der Waals surface area contributed by atoms with Crippen molar-refractivity contribution in [2.45, 2.75) is 26.4 Å². The summed E-state index contributed by atoms with van der Waals surface area (Å²) >= 11 is 0. The predicted octanol–water partition coefficient (Wildman–Crippen LogP) is -0.206. The summed E-state index contributed by atoms with van der Waals surface area (Å²) in [6.45, 7) is 5.49. The van der Waals surface area contributed by atoms with E-state index in [1.165, 1.54) is 0 Å². The first-order chi connectivity index (χ1) is 8.43. The third-order valence-electron chi connectivity index (χ3n) is 1.94. The normalized spacial score (nSPS) is 12.2. The van der Waals surface area contributed by atoms with Crippen LogP contribution < -0.4 is 10.6 Å². The number of rotatable bonds is 9. The molecule has 0 aromatic heterocycles. The Morgan fingerprint density at radius 1 is 1.28 bits per heavy atom. The first-order valence-corrected chi connectivity index (χ1v) is 5.93. The largest absolute Gasteiger partial charge is 0.479 e. The Hall–Kier alpha value is -1.34. The third kappa shape index (κ3) is 9.86. The molecule has 106 valence electrons. The standard InChI is InChI=1S/C11H22N2O5/c1-8(2)7-18-5-3-4-12-11(17)13-6-9(14)10(15)16/h8-9,14H,3-7H2,1-2H3,(H,15,16)(H2,12,13,17)/t9-/m0/s1. The minimum absolute atomic E-state index is 0.314. The average Bonchev–Trinajstić information content (AvgIpc) is 2.29. The van der Waals surface area contributed by atoms with Crippen LogP contribution >= 0.6 is 0 Å². The minimum Gasteiger partial charge on any atom is -0.479 e. The molecule has 0 aromatic rings. The zero-order valence-corrected chi connectivity index (χ0v) is 10.8. The summed E-state index contributed by atoms with van der Waals surface area (Å²) in [5.41, 5.74) is 0. The van der Waals surface area contributed by atoms with Crippen molar-refractivity contribution >= 4 is 12.0 Å². The van der Waals surface area contributed by atoms with E-state index in [1.807, 2.05) is 0 Å². The zero-order chi connectivity index (χ0) is 14.0. The maximum atomic E-state index is 11.1. The molecule has 0 rings (SSSR count). The van der Waals surface area contributed by atoms with Crippen LogP contribution in [-0.4, -0.2) is 54.6 Å². The second-order valence-electron chi connectivity index (χ2n) is 4.31. The maximum absolute atomic E-state index is 11.1. The van der Waals surface area contributed by atoms with Gasteiger partial charge in [-0.3, -0.25) is 0 Å². The molecule has 18 heavy (non-hydrogen) atoms. The Morgan fingerprint density at radius 3 is 2.50 bits per heavy atom. The summed E-state index contributed by atoms with van der Waals surface area (Å²) < 4.78 is 5.32. The van der Waals surface area contributed by atoms with Crippen LogP contribution in [0.15, 0.2) is 0 Å². The van der Waals surface area contributed by atoms with Gasteiger partial charge in [-0.2, -0.15) is 0 Å². The number of nitrogens with one attached hydrogen (secondary N) is 2. The van der Waals surface area contributed by atoms with Gasteiger partial charge < -0.3 is 25.6 Å². The molecule has 0 unspecified atom stereocenters. The Kier molecular flexibility index (Phi) is 8.95. The summed E-state index contributed by atoms with van der Waals surface area (Å²) in [5, 5.41) is 22.1. The lowest BCUT2D eigenvalue weighted by atomic mass is 10.2. The number of amides is 2. The lowest BCUT2D eigenvalue weighted by Gasteiger charge is -2.10. The second-order valence-corrected chi connectivity index (χ2v) is 4.31. The van der Waals surface area contributed by atoms with Gasteiger partial charge in [0.25, 0.3) is 0 Å². The molecule has 0 aromatic carbocycles. The van der Waals surface area contributed by atoms with Gasteiger partial charge in [-0.25, -0.2) is 9.59 Å². The van der Waals surface area contributed by atoms with Gasteiger partial charge in [-0.05, 0) is 12.3 Å².